The number of fused-ring (bicyclic) bond motifs is 1. The molecule has 0 aliphatic carbocycles. The molecule has 7 nitrogen and oxygen atoms in total. The fourth-order valence-electron chi connectivity index (χ4n) is 3.36. The van der Waals surface area contributed by atoms with Crippen molar-refractivity contribution in [1.82, 2.24) is 16.0 Å². The topological polar surface area (TPSA) is 95.0 Å². The van der Waals surface area contributed by atoms with Gasteiger partial charge in [0.05, 0.1) is 6.04 Å². The van der Waals surface area contributed by atoms with Gasteiger partial charge < -0.3 is 25.8 Å². The number of para-hydroxylation sites is 1. The van der Waals surface area contributed by atoms with Crippen molar-refractivity contribution in [3.8, 4) is 11.5 Å². The molecule has 2 aromatic carbocycles. The number of halogens is 1. The molecular formula is C22H29IN4O3. The number of nitrogens with one attached hydrogen (secondary N) is 3. The number of ether oxygens (including phenoxy) is 1. The van der Waals surface area contributed by atoms with E-state index >= 15 is 0 Å². The molecule has 1 unspecified atom stereocenters. The fourth-order valence-corrected chi connectivity index (χ4v) is 3.36. The predicted molar refractivity (Wildman–Crippen MR) is 129 cm³/mol. The maximum Gasteiger partial charge on any atom is 0.251 e. The number of amides is 1. The van der Waals surface area contributed by atoms with Gasteiger partial charge in [0.15, 0.2) is 5.96 Å². The van der Waals surface area contributed by atoms with E-state index in [0.717, 1.165) is 17.7 Å². The zero-order valence-electron chi connectivity index (χ0n) is 17.4. The molecule has 0 fully saturated rings. The number of aliphatic imine (C=N–C) groups is 1. The van der Waals surface area contributed by atoms with Gasteiger partial charge >= 0.3 is 0 Å². The van der Waals surface area contributed by atoms with Crippen LogP contribution in [0.3, 0.4) is 0 Å². The third-order valence-corrected chi connectivity index (χ3v) is 4.74. The van der Waals surface area contributed by atoms with Gasteiger partial charge in [0.1, 0.15) is 17.1 Å². The standard InChI is InChI=1S/C22H28N4O3.HI/c1-22(2)14-18(17-6-4-5-7-19(17)29-22)26-21(23-3)25-13-12-24-20(28)15-8-10-16(27)11-9-15;/h4-11,18,27H,12-14H2,1-3H3,(H,24,28)(H2,23,25,26);1H. The van der Waals surface area contributed by atoms with Crippen molar-refractivity contribution in [1.29, 1.82) is 0 Å². The Balaban J connectivity index is 0.00000320. The Kier molecular flexibility index (Phi) is 8.33. The largest absolute Gasteiger partial charge is 0.508 e. The van der Waals surface area contributed by atoms with Gasteiger partial charge in [-0.05, 0) is 44.2 Å². The van der Waals surface area contributed by atoms with Gasteiger partial charge in [0.25, 0.3) is 5.91 Å². The van der Waals surface area contributed by atoms with Gasteiger partial charge in [-0.25, -0.2) is 0 Å². The number of phenols is 1. The molecule has 4 N–H and O–H groups in total. The summed E-state index contributed by atoms with van der Waals surface area (Å²) in [5.41, 5.74) is 1.34. The van der Waals surface area contributed by atoms with Crippen LogP contribution in [0.2, 0.25) is 0 Å². The molecule has 0 saturated carbocycles. The van der Waals surface area contributed by atoms with Crippen molar-refractivity contribution < 1.29 is 14.6 Å². The molecule has 0 bridgehead atoms. The summed E-state index contributed by atoms with van der Waals surface area (Å²) in [6.45, 7) is 5.12. The van der Waals surface area contributed by atoms with E-state index < -0.39 is 0 Å². The van der Waals surface area contributed by atoms with Gasteiger partial charge in [-0.15, -0.1) is 24.0 Å². The van der Waals surface area contributed by atoms with E-state index in [2.05, 4.69) is 40.9 Å². The minimum atomic E-state index is -0.275. The van der Waals surface area contributed by atoms with Crippen molar-refractivity contribution in [3.63, 3.8) is 0 Å². The molecule has 1 aliphatic heterocycles. The molecule has 0 aromatic heterocycles. The molecule has 0 radical (unpaired) electrons. The maximum absolute atomic E-state index is 12.1. The summed E-state index contributed by atoms with van der Waals surface area (Å²) >= 11 is 0. The van der Waals surface area contributed by atoms with Crippen molar-refractivity contribution in [3.05, 3.63) is 59.7 Å². The van der Waals surface area contributed by atoms with E-state index in [1.165, 1.54) is 12.1 Å². The number of rotatable bonds is 5. The molecule has 1 heterocycles. The van der Waals surface area contributed by atoms with Gasteiger partial charge in [0.2, 0.25) is 0 Å². The zero-order valence-corrected chi connectivity index (χ0v) is 19.8. The van der Waals surface area contributed by atoms with E-state index in [1.54, 1.807) is 19.2 Å². The first-order valence-corrected chi connectivity index (χ1v) is 9.70. The van der Waals surface area contributed by atoms with Gasteiger partial charge in [-0.2, -0.15) is 0 Å². The summed E-state index contributed by atoms with van der Waals surface area (Å²) in [6.07, 6.45) is 0.808. The van der Waals surface area contributed by atoms with Crippen LogP contribution in [0.4, 0.5) is 0 Å². The van der Waals surface area contributed by atoms with Crippen LogP contribution in [0.5, 0.6) is 11.5 Å². The first-order valence-electron chi connectivity index (χ1n) is 9.70. The third-order valence-electron chi connectivity index (χ3n) is 4.74. The van der Waals surface area contributed by atoms with E-state index in [0.29, 0.717) is 24.6 Å². The minimum Gasteiger partial charge on any atom is -0.508 e. The highest BCUT2D eigenvalue weighted by Gasteiger charge is 2.33. The van der Waals surface area contributed by atoms with Crippen LogP contribution in [0, 0.1) is 0 Å². The van der Waals surface area contributed by atoms with E-state index in [1.807, 2.05) is 18.2 Å². The molecule has 8 heteroatoms. The fraction of sp³-hybridized carbons (Fsp3) is 0.364. The second kappa shape index (κ2) is 10.5. The summed E-state index contributed by atoms with van der Waals surface area (Å²) in [5, 5.41) is 18.8. The second-order valence-electron chi connectivity index (χ2n) is 7.60. The van der Waals surface area contributed by atoms with Crippen molar-refractivity contribution in [2.75, 3.05) is 20.1 Å². The lowest BCUT2D eigenvalue weighted by atomic mass is 9.90. The number of aromatic hydroxyl groups is 1. The van der Waals surface area contributed by atoms with Crippen LogP contribution in [0.25, 0.3) is 0 Å². The third kappa shape index (κ3) is 6.25. The summed E-state index contributed by atoms with van der Waals surface area (Å²) in [7, 11) is 1.72. The Bertz CT molecular complexity index is 884. The van der Waals surface area contributed by atoms with Gasteiger partial charge in [0, 0.05) is 37.7 Å². The molecule has 30 heavy (non-hydrogen) atoms. The number of phenolic OH excluding ortho intramolecular Hbond substituents is 1. The van der Waals surface area contributed by atoms with Crippen molar-refractivity contribution in [2.24, 2.45) is 4.99 Å². The molecular weight excluding hydrogens is 495 g/mol. The Morgan fingerprint density at radius 3 is 2.50 bits per heavy atom. The highest BCUT2D eigenvalue weighted by molar-refractivity contribution is 14.0. The average molecular weight is 524 g/mol. The van der Waals surface area contributed by atoms with Crippen LogP contribution >= 0.6 is 24.0 Å². The van der Waals surface area contributed by atoms with Crippen LogP contribution in [0.15, 0.2) is 53.5 Å². The highest BCUT2D eigenvalue weighted by Crippen LogP contribution is 2.39. The normalized spacial score (nSPS) is 17.0. The summed E-state index contributed by atoms with van der Waals surface area (Å²) in [6, 6.07) is 14.3. The first-order chi connectivity index (χ1) is 13.9. The summed E-state index contributed by atoms with van der Waals surface area (Å²) in [5.74, 6) is 1.50. The Morgan fingerprint density at radius 2 is 1.80 bits per heavy atom. The number of hydrogen-bond donors (Lipinski definition) is 4. The number of hydrogen-bond acceptors (Lipinski definition) is 4. The maximum atomic E-state index is 12.1. The van der Waals surface area contributed by atoms with E-state index in [9.17, 15) is 9.90 Å². The second-order valence-corrected chi connectivity index (χ2v) is 7.60. The molecule has 3 rings (SSSR count). The molecule has 162 valence electrons. The first kappa shape index (κ1) is 23.8. The predicted octanol–water partition coefficient (Wildman–Crippen LogP) is 3.21. The Labute approximate surface area is 194 Å². The van der Waals surface area contributed by atoms with Gasteiger partial charge in [-0.1, -0.05) is 18.2 Å². The van der Waals surface area contributed by atoms with Crippen LogP contribution in [-0.2, 0) is 0 Å². The number of nitrogens with zero attached hydrogens (tertiary/aromatic N) is 1. The molecule has 1 amide bonds. The quantitative estimate of drug-likeness (QED) is 0.209. The lowest BCUT2D eigenvalue weighted by molar-refractivity contribution is 0.0694. The summed E-state index contributed by atoms with van der Waals surface area (Å²) < 4.78 is 6.08. The highest BCUT2D eigenvalue weighted by atomic mass is 127. The average Bonchev–Trinajstić information content (AvgIpc) is 2.69. The van der Waals surface area contributed by atoms with E-state index in [-0.39, 0.29) is 47.3 Å². The monoisotopic (exact) mass is 524 g/mol. The molecule has 1 aliphatic rings. The molecule has 1 atom stereocenters. The number of guanidine groups is 1. The summed E-state index contributed by atoms with van der Waals surface area (Å²) in [4.78, 5) is 16.4. The van der Waals surface area contributed by atoms with Crippen LogP contribution in [-0.4, -0.2) is 42.7 Å². The smallest absolute Gasteiger partial charge is 0.251 e. The Hall–Kier alpha value is -2.49. The van der Waals surface area contributed by atoms with Crippen molar-refractivity contribution in [2.45, 2.75) is 31.9 Å². The van der Waals surface area contributed by atoms with E-state index in [4.69, 9.17) is 4.74 Å². The SMILES string of the molecule is CN=C(NCCNC(=O)c1ccc(O)cc1)NC1CC(C)(C)Oc2ccccc21.I. The molecule has 0 spiro atoms. The zero-order chi connectivity index (χ0) is 20.9. The molecule has 0 saturated heterocycles. The van der Waals surface area contributed by atoms with Crippen molar-refractivity contribution >= 4 is 35.8 Å². The minimum absolute atomic E-state index is 0. The lowest BCUT2D eigenvalue weighted by Gasteiger charge is -2.38. The Morgan fingerprint density at radius 1 is 1.13 bits per heavy atom. The number of carbonyl (C=O) groups excluding carboxylic acids is 1. The van der Waals surface area contributed by atoms with Gasteiger partial charge in [-0.3, -0.25) is 9.79 Å². The van der Waals surface area contributed by atoms with Crippen LogP contribution < -0.4 is 20.7 Å². The number of benzene rings is 2. The van der Waals surface area contributed by atoms with Crippen LogP contribution in [0.1, 0.15) is 42.2 Å². The molecule has 2 aromatic rings. The number of carbonyl (C=O) groups is 1. The lowest BCUT2D eigenvalue weighted by Crippen LogP contribution is -2.46.